The van der Waals surface area contributed by atoms with E-state index in [9.17, 15) is 9.59 Å². The van der Waals surface area contributed by atoms with Crippen molar-refractivity contribution < 1.29 is 19.1 Å². The SMILES string of the molecule is COCCCN1C(=O)C(C)(C(=O)N(C)C)O[C@H]2CC[C@@H](C)CC21. The number of hydrogen-bond donors (Lipinski definition) is 0. The van der Waals surface area contributed by atoms with Crippen molar-refractivity contribution in [1.82, 2.24) is 9.80 Å². The van der Waals surface area contributed by atoms with Crippen LogP contribution in [0.5, 0.6) is 0 Å². The fraction of sp³-hybridized carbons (Fsp3) is 0.882. The lowest BCUT2D eigenvalue weighted by Crippen LogP contribution is -2.68. The second-order valence-corrected chi connectivity index (χ2v) is 7.22. The molecule has 0 radical (unpaired) electrons. The van der Waals surface area contributed by atoms with Crippen LogP contribution in [0, 0.1) is 5.92 Å². The van der Waals surface area contributed by atoms with E-state index in [1.54, 1.807) is 28.1 Å². The number of ether oxygens (including phenoxy) is 2. The van der Waals surface area contributed by atoms with Crippen LogP contribution in [-0.2, 0) is 19.1 Å². The molecule has 0 bridgehead atoms. The summed E-state index contributed by atoms with van der Waals surface area (Å²) in [6, 6.07) is 0.0751. The van der Waals surface area contributed by atoms with Gasteiger partial charge in [0, 0.05) is 34.4 Å². The van der Waals surface area contributed by atoms with Gasteiger partial charge in [-0.15, -0.1) is 0 Å². The number of rotatable bonds is 5. The van der Waals surface area contributed by atoms with Crippen molar-refractivity contribution in [2.45, 2.75) is 57.3 Å². The van der Waals surface area contributed by atoms with E-state index in [4.69, 9.17) is 9.47 Å². The van der Waals surface area contributed by atoms with Gasteiger partial charge in [0.15, 0.2) is 0 Å². The zero-order chi connectivity index (χ0) is 17.2. The molecule has 2 amide bonds. The first kappa shape index (κ1) is 18.2. The largest absolute Gasteiger partial charge is 0.385 e. The normalized spacial score (nSPS) is 34.2. The first-order chi connectivity index (χ1) is 10.8. The van der Waals surface area contributed by atoms with Crippen LogP contribution in [0.15, 0.2) is 0 Å². The van der Waals surface area contributed by atoms with Gasteiger partial charge in [0.05, 0.1) is 12.1 Å². The lowest BCUT2D eigenvalue weighted by atomic mass is 9.81. The number of nitrogens with zero attached hydrogens (tertiary/aromatic N) is 2. The van der Waals surface area contributed by atoms with Crippen molar-refractivity contribution in [1.29, 1.82) is 0 Å². The van der Waals surface area contributed by atoms with Gasteiger partial charge >= 0.3 is 0 Å². The molecule has 2 unspecified atom stereocenters. The highest BCUT2D eigenvalue weighted by Crippen LogP contribution is 2.38. The van der Waals surface area contributed by atoms with Crippen molar-refractivity contribution in [3.63, 3.8) is 0 Å². The number of likely N-dealkylation sites (N-methyl/N-ethyl adjacent to an activating group) is 1. The van der Waals surface area contributed by atoms with Gasteiger partial charge in [-0.05, 0) is 38.5 Å². The topological polar surface area (TPSA) is 59.1 Å². The van der Waals surface area contributed by atoms with Crippen molar-refractivity contribution in [2.75, 3.05) is 34.4 Å². The Morgan fingerprint density at radius 2 is 2.13 bits per heavy atom. The quantitative estimate of drug-likeness (QED) is 0.564. The molecule has 1 saturated carbocycles. The predicted molar refractivity (Wildman–Crippen MR) is 87.0 cm³/mol. The van der Waals surface area contributed by atoms with E-state index in [0.717, 1.165) is 25.7 Å². The number of hydrogen-bond acceptors (Lipinski definition) is 4. The monoisotopic (exact) mass is 326 g/mol. The lowest BCUT2D eigenvalue weighted by molar-refractivity contribution is -0.207. The van der Waals surface area contributed by atoms with Crippen molar-refractivity contribution in [3.05, 3.63) is 0 Å². The average Bonchev–Trinajstić information content (AvgIpc) is 2.51. The number of carbonyl (C=O) groups is 2. The zero-order valence-electron chi connectivity index (χ0n) is 15.0. The summed E-state index contributed by atoms with van der Waals surface area (Å²) in [5.74, 6) is 0.0884. The maximum Gasteiger partial charge on any atom is 0.264 e. The minimum Gasteiger partial charge on any atom is -0.385 e. The van der Waals surface area contributed by atoms with Crippen molar-refractivity contribution in [3.8, 4) is 0 Å². The van der Waals surface area contributed by atoms with Crippen LogP contribution in [0.4, 0.5) is 0 Å². The smallest absolute Gasteiger partial charge is 0.264 e. The van der Waals surface area contributed by atoms with Gasteiger partial charge in [0.25, 0.3) is 11.8 Å². The summed E-state index contributed by atoms with van der Waals surface area (Å²) in [6.07, 6.45) is 3.63. The van der Waals surface area contributed by atoms with E-state index in [-0.39, 0.29) is 24.0 Å². The molecule has 6 nitrogen and oxygen atoms in total. The molecule has 1 aliphatic carbocycles. The minimum absolute atomic E-state index is 0.0552. The number of carbonyl (C=O) groups excluding carboxylic acids is 2. The Morgan fingerprint density at radius 3 is 2.74 bits per heavy atom. The summed E-state index contributed by atoms with van der Waals surface area (Å²) in [4.78, 5) is 29.0. The molecule has 132 valence electrons. The van der Waals surface area contributed by atoms with E-state index in [1.807, 2.05) is 4.90 Å². The van der Waals surface area contributed by atoms with Crippen LogP contribution >= 0.6 is 0 Å². The first-order valence-electron chi connectivity index (χ1n) is 8.50. The Morgan fingerprint density at radius 1 is 1.43 bits per heavy atom. The Labute approximate surface area is 139 Å². The molecular formula is C17H30N2O4. The Hall–Kier alpha value is -1.14. The third-order valence-electron chi connectivity index (χ3n) is 5.04. The molecule has 4 atom stereocenters. The number of amides is 2. The molecule has 0 aromatic carbocycles. The number of fused-ring (bicyclic) bond motifs is 1. The molecular weight excluding hydrogens is 296 g/mol. The minimum atomic E-state index is -1.40. The van der Waals surface area contributed by atoms with E-state index < -0.39 is 5.60 Å². The Bertz CT molecular complexity index is 454. The predicted octanol–water partition coefficient (Wildman–Crippen LogP) is 1.29. The molecule has 1 heterocycles. The molecule has 0 N–H and O–H groups in total. The molecule has 1 saturated heterocycles. The van der Waals surface area contributed by atoms with E-state index in [2.05, 4.69) is 6.92 Å². The maximum absolute atomic E-state index is 13.1. The third kappa shape index (κ3) is 3.53. The van der Waals surface area contributed by atoms with E-state index in [1.165, 1.54) is 4.90 Å². The van der Waals surface area contributed by atoms with Crippen LogP contribution in [-0.4, -0.2) is 73.7 Å². The third-order valence-corrected chi connectivity index (χ3v) is 5.04. The number of methoxy groups -OCH3 is 1. The molecule has 1 aliphatic heterocycles. The van der Waals surface area contributed by atoms with Gasteiger partial charge in [0.1, 0.15) is 0 Å². The fourth-order valence-corrected chi connectivity index (χ4v) is 3.78. The van der Waals surface area contributed by atoms with Crippen LogP contribution in [0.1, 0.15) is 39.5 Å². The highest BCUT2D eigenvalue weighted by atomic mass is 16.5. The standard InChI is InChI=1S/C17H30N2O4/c1-12-7-8-14-13(11-12)19(9-6-10-22-5)16(21)17(2,23-14)15(20)18(3)4/h12-14H,6-11H2,1-5H3/t12-,13?,14+,17?/m1/s1. The average molecular weight is 326 g/mol. The van der Waals surface area contributed by atoms with Crippen molar-refractivity contribution in [2.24, 2.45) is 5.92 Å². The summed E-state index contributed by atoms with van der Waals surface area (Å²) in [5, 5.41) is 0. The van der Waals surface area contributed by atoms with Gasteiger partial charge < -0.3 is 19.3 Å². The van der Waals surface area contributed by atoms with Crippen LogP contribution in [0.3, 0.4) is 0 Å². The van der Waals surface area contributed by atoms with Crippen LogP contribution < -0.4 is 0 Å². The first-order valence-corrected chi connectivity index (χ1v) is 8.50. The summed E-state index contributed by atoms with van der Waals surface area (Å²) < 4.78 is 11.2. The second kappa shape index (κ2) is 7.18. The van der Waals surface area contributed by atoms with Gasteiger partial charge in [-0.2, -0.15) is 0 Å². The molecule has 2 fully saturated rings. The van der Waals surface area contributed by atoms with Gasteiger partial charge in [-0.25, -0.2) is 0 Å². The fourth-order valence-electron chi connectivity index (χ4n) is 3.78. The highest BCUT2D eigenvalue weighted by Gasteiger charge is 2.55. The summed E-state index contributed by atoms with van der Waals surface area (Å²) in [5.41, 5.74) is -1.40. The van der Waals surface area contributed by atoms with Crippen LogP contribution in [0.25, 0.3) is 0 Å². The van der Waals surface area contributed by atoms with E-state index >= 15 is 0 Å². The molecule has 2 aliphatic rings. The Kier molecular flexibility index (Phi) is 5.68. The summed E-state index contributed by atoms with van der Waals surface area (Å²) in [6.45, 7) is 5.05. The summed E-state index contributed by atoms with van der Waals surface area (Å²) in [7, 11) is 4.98. The molecule has 0 spiro atoms. The molecule has 0 aromatic heterocycles. The summed E-state index contributed by atoms with van der Waals surface area (Å²) >= 11 is 0. The second-order valence-electron chi connectivity index (χ2n) is 7.22. The van der Waals surface area contributed by atoms with Gasteiger partial charge in [0.2, 0.25) is 5.60 Å². The van der Waals surface area contributed by atoms with Gasteiger partial charge in [-0.1, -0.05) is 6.92 Å². The molecule has 2 rings (SSSR count). The highest BCUT2D eigenvalue weighted by molar-refractivity contribution is 6.08. The maximum atomic E-state index is 13.1. The zero-order valence-corrected chi connectivity index (χ0v) is 15.0. The molecule has 0 aromatic rings. The number of morpholine rings is 1. The van der Waals surface area contributed by atoms with E-state index in [0.29, 0.717) is 19.1 Å². The van der Waals surface area contributed by atoms with Crippen molar-refractivity contribution >= 4 is 11.8 Å². The van der Waals surface area contributed by atoms with Crippen LogP contribution in [0.2, 0.25) is 0 Å². The molecule has 23 heavy (non-hydrogen) atoms. The molecule has 6 heteroatoms. The van der Waals surface area contributed by atoms with Gasteiger partial charge in [-0.3, -0.25) is 9.59 Å². The Balaban J connectivity index is 2.26. The lowest BCUT2D eigenvalue weighted by Gasteiger charge is -2.51.